The molecule has 1 aromatic rings. The maximum absolute atomic E-state index is 4.87. The van der Waals surface area contributed by atoms with E-state index < -0.39 is 0 Å². The van der Waals surface area contributed by atoms with Crippen molar-refractivity contribution < 1.29 is 0 Å². The van der Waals surface area contributed by atoms with Gasteiger partial charge in [-0.2, -0.15) is 5.10 Å². The van der Waals surface area contributed by atoms with Crippen LogP contribution in [0.1, 0.15) is 5.56 Å². The summed E-state index contributed by atoms with van der Waals surface area (Å²) in [5.74, 6) is 0. The Kier molecular flexibility index (Phi) is 5.14. The molecule has 1 aromatic carbocycles. The molecular formula is C10H13N3S2. The summed E-state index contributed by atoms with van der Waals surface area (Å²) in [5.41, 5.74) is 3.73. The third-order valence-corrected chi connectivity index (χ3v) is 2.76. The Morgan fingerprint density at radius 1 is 1.40 bits per heavy atom. The number of hydrogen-bond donors (Lipinski definition) is 2. The van der Waals surface area contributed by atoms with Gasteiger partial charge in [0.1, 0.15) is 0 Å². The molecule has 0 aliphatic carbocycles. The van der Waals surface area contributed by atoms with E-state index >= 15 is 0 Å². The van der Waals surface area contributed by atoms with E-state index in [-0.39, 0.29) is 0 Å². The Morgan fingerprint density at radius 2 is 2.07 bits per heavy atom. The lowest BCUT2D eigenvalue weighted by molar-refractivity contribution is 0.982. The normalized spacial score (nSPS) is 10.3. The van der Waals surface area contributed by atoms with Crippen LogP contribution in [0.4, 0.5) is 0 Å². The van der Waals surface area contributed by atoms with E-state index in [4.69, 9.17) is 12.2 Å². The van der Waals surface area contributed by atoms with Crippen LogP contribution in [-0.2, 0) is 0 Å². The van der Waals surface area contributed by atoms with Gasteiger partial charge in [-0.15, -0.1) is 11.8 Å². The van der Waals surface area contributed by atoms with Gasteiger partial charge in [0.2, 0.25) is 0 Å². The first-order valence-corrected chi connectivity index (χ1v) is 6.04. The van der Waals surface area contributed by atoms with Gasteiger partial charge in [0.25, 0.3) is 0 Å². The fraction of sp³-hybridized carbons (Fsp3) is 0.200. The largest absolute Gasteiger partial charge is 0.364 e. The second-order valence-corrected chi connectivity index (χ2v) is 4.01. The lowest BCUT2D eigenvalue weighted by atomic mass is 10.2. The minimum Gasteiger partial charge on any atom is -0.364 e. The van der Waals surface area contributed by atoms with E-state index in [0.29, 0.717) is 5.11 Å². The average molecular weight is 239 g/mol. The standard InChI is InChI=1S/C10H13N3S2/c1-11-10(14)13-12-7-8-3-5-9(15-2)6-4-8/h3-7H,1-2H3,(H2,11,13,14). The van der Waals surface area contributed by atoms with Gasteiger partial charge in [-0.05, 0) is 36.2 Å². The topological polar surface area (TPSA) is 36.4 Å². The van der Waals surface area contributed by atoms with Gasteiger partial charge in [-0.25, -0.2) is 0 Å². The lowest BCUT2D eigenvalue weighted by Gasteiger charge is -2.00. The van der Waals surface area contributed by atoms with Gasteiger partial charge in [0.15, 0.2) is 5.11 Å². The minimum absolute atomic E-state index is 0.506. The molecule has 0 bridgehead atoms. The van der Waals surface area contributed by atoms with Gasteiger partial charge < -0.3 is 5.32 Å². The third kappa shape index (κ3) is 4.31. The molecule has 0 saturated carbocycles. The van der Waals surface area contributed by atoms with E-state index in [0.717, 1.165) is 5.56 Å². The first-order chi connectivity index (χ1) is 7.26. The molecule has 0 aromatic heterocycles. The van der Waals surface area contributed by atoms with Crippen LogP contribution < -0.4 is 10.7 Å². The fourth-order valence-electron chi connectivity index (χ4n) is 0.911. The first-order valence-electron chi connectivity index (χ1n) is 4.41. The number of nitrogens with zero attached hydrogens (tertiary/aromatic N) is 1. The Bertz CT molecular complexity index is 346. The fourth-order valence-corrected chi connectivity index (χ4v) is 1.37. The highest BCUT2D eigenvalue weighted by atomic mass is 32.2. The predicted molar refractivity (Wildman–Crippen MR) is 70.6 cm³/mol. The van der Waals surface area contributed by atoms with Crippen molar-refractivity contribution in [3.8, 4) is 0 Å². The minimum atomic E-state index is 0.506. The van der Waals surface area contributed by atoms with E-state index in [2.05, 4.69) is 34.2 Å². The van der Waals surface area contributed by atoms with Crippen LogP contribution >= 0.6 is 24.0 Å². The molecule has 0 fully saturated rings. The molecule has 1 rings (SSSR count). The quantitative estimate of drug-likeness (QED) is 0.365. The molecule has 0 unspecified atom stereocenters. The summed E-state index contributed by atoms with van der Waals surface area (Å²) in [6, 6.07) is 8.14. The second-order valence-electron chi connectivity index (χ2n) is 2.72. The van der Waals surface area contributed by atoms with Crippen LogP contribution in [0.2, 0.25) is 0 Å². The molecule has 5 heteroatoms. The number of hydrazone groups is 1. The second kappa shape index (κ2) is 6.42. The van der Waals surface area contributed by atoms with Crippen LogP contribution in [0.3, 0.4) is 0 Å². The molecule has 0 radical (unpaired) electrons. The number of rotatable bonds is 3. The molecule has 80 valence electrons. The van der Waals surface area contributed by atoms with Crippen LogP contribution in [0.5, 0.6) is 0 Å². The summed E-state index contributed by atoms with van der Waals surface area (Å²) < 4.78 is 0. The zero-order chi connectivity index (χ0) is 11.1. The molecule has 0 aliphatic heterocycles. The summed E-state index contributed by atoms with van der Waals surface area (Å²) in [7, 11) is 1.75. The Hall–Kier alpha value is -1.07. The molecule has 0 spiro atoms. The number of thioether (sulfide) groups is 1. The van der Waals surface area contributed by atoms with Crippen molar-refractivity contribution >= 4 is 35.3 Å². The van der Waals surface area contributed by atoms with E-state index in [9.17, 15) is 0 Å². The summed E-state index contributed by atoms with van der Waals surface area (Å²) in [4.78, 5) is 1.24. The van der Waals surface area contributed by atoms with Crippen molar-refractivity contribution in [3.63, 3.8) is 0 Å². The number of nitrogens with one attached hydrogen (secondary N) is 2. The third-order valence-electron chi connectivity index (χ3n) is 1.72. The average Bonchev–Trinajstić information content (AvgIpc) is 2.29. The van der Waals surface area contributed by atoms with Gasteiger partial charge in [-0.1, -0.05) is 12.1 Å². The van der Waals surface area contributed by atoms with Crippen LogP contribution in [0.25, 0.3) is 0 Å². The van der Waals surface area contributed by atoms with Crippen molar-refractivity contribution in [1.82, 2.24) is 10.7 Å². The monoisotopic (exact) mass is 239 g/mol. The maximum atomic E-state index is 4.87. The van der Waals surface area contributed by atoms with Crippen molar-refractivity contribution in [3.05, 3.63) is 29.8 Å². The van der Waals surface area contributed by atoms with E-state index in [1.54, 1.807) is 25.0 Å². The number of benzene rings is 1. The zero-order valence-corrected chi connectivity index (χ0v) is 10.3. The predicted octanol–water partition coefficient (Wildman–Crippen LogP) is 1.84. The van der Waals surface area contributed by atoms with Crippen molar-refractivity contribution in [2.24, 2.45) is 5.10 Å². The van der Waals surface area contributed by atoms with E-state index in [1.165, 1.54) is 4.90 Å². The summed E-state index contributed by atoms with van der Waals surface area (Å²) in [5, 5.41) is 7.26. The zero-order valence-electron chi connectivity index (χ0n) is 8.65. The maximum Gasteiger partial charge on any atom is 0.186 e. The Morgan fingerprint density at radius 3 is 2.60 bits per heavy atom. The molecule has 0 heterocycles. The summed E-state index contributed by atoms with van der Waals surface area (Å²) >= 11 is 6.59. The Labute approximate surface area is 99.3 Å². The van der Waals surface area contributed by atoms with Crippen LogP contribution in [0.15, 0.2) is 34.3 Å². The summed E-state index contributed by atoms with van der Waals surface area (Å²) in [6.45, 7) is 0. The SMILES string of the molecule is CNC(=S)NN=Cc1ccc(SC)cc1. The van der Waals surface area contributed by atoms with Gasteiger partial charge in [0, 0.05) is 11.9 Å². The van der Waals surface area contributed by atoms with Gasteiger partial charge >= 0.3 is 0 Å². The van der Waals surface area contributed by atoms with Gasteiger partial charge in [0.05, 0.1) is 6.21 Å². The molecule has 0 amide bonds. The molecule has 15 heavy (non-hydrogen) atoms. The highest BCUT2D eigenvalue weighted by molar-refractivity contribution is 7.98. The summed E-state index contributed by atoms with van der Waals surface area (Å²) in [6.07, 6.45) is 3.78. The molecule has 0 atom stereocenters. The molecule has 0 aliphatic rings. The lowest BCUT2D eigenvalue weighted by Crippen LogP contribution is -2.28. The number of thiocarbonyl (C=S) groups is 1. The first kappa shape index (κ1) is 12.0. The van der Waals surface area contributed by atoms with Gasteiger partial charge in [-0.3, -0.25) is 5.43 Å². The Balaban J connectivity index is 2.53. The van der Waals surface area contributed by atoms with Crippen molar-refractivity contribution in [2.75, 3.05) is 13.3 Å². The smallest absolute Gasteiger partial charge is 0.186 e. The highest BCUT2D eigenvalue weighted by Gasteiger charge is 1.90. The molecular weight excluding hydrogens is 226 g/mol. The van der Waals surface area contributed by atoms with Crippen LogP contribution in [0, 0.1) is 0 Å². The van der Waals surface area contributed by atoms with Crippen molar-refractivity contribution in [2.45, 2.75) is 4.90 Å². The molecule has 3 nitrogen and oxygen atoms in total. The number of hydrogen-bond acceptors (Lipinski definition) is 3. The van der Waals surface area contributed by atoms with E-state index in [1.807, 2.05) is 12.1 Å². The molecule has 2 N–H and O–H groups in total. The van der Waals surface area contributed by atoms with Crippen molar-refractivity contribution in [1.29, 1.82) is 0 Å². The molecule has 0 saturated heterocycles. The highest BCUT2D eigenvalue weighted by Crippen LogP contribution is 2.13. The van der Waals surface area contributed by atoms with Crippen LogP contribution in [-0.4, -0.2) is 24.6 Å².